The molecule has 0 saturated carbocycles. The third kappa shape index (κ3) is 9.37. The summed E-state index contributed by atoms with van der Waals surface area (Å²) >= 11 is 0. The van der Waals surface area contributed by atoms with Crippen LogP contribution in [0.4, 0.5) is 0 Å². The van der Waals surface area contributed by atoms with Crippen molar-refractivity contribution < 1.29 is 9.53 Å². The van der Waals surface area contributed by atoms with Gasteiger partial charge in [0.2, 0.25) is 5.88 Å². The van der Waals surface area contributed by atoms with Crippen LogP contribution in [0, 0.1) is 18.8 Å². The predicted octanol–water partition coefficient (Wildman–Crippen LogP) is 5.85. The van der Waals surface area contributed by atoms with E-state index in [0.717, 1.165) is 17.4 Å². The molecule has 0 bridgehead atoms. The standard InChI is InChI=1S/C11H24.C9H11NO2/c1-5-10(3)8-7-9-11(4)6-2;1-6-4-8(7(2)11)5-10-9(6)12-3/h10-11H,5-9H2,1-4H3;4-5H,1-3H3. The average molecular weight is 322 g/mol. The lowest BCUT2D eigenvalue weighted by molar-refractivity contribution is 0.101. The molecule has 1 heterocycles. The normalized spacial score (nSPS) is 12.8. The lowest BCUT2D eigenvalue weighted by Crippen LogP contribution is -1.97. The van der Waals surface area contributed by atoms with Crippen molar-refractivity contribution in [1.82, 2.24) is 4.98 Å². The third-order valence-electron chi connectivity index (χ3n) is 4.42. The number of rotatable bonds is 8. The van der Waals surface area contributed by atoms with Gasteiger partial charge in [0, 0.05) is 17.3 Å². The van der Waals surface area contributed by atoms with E-state index in [2.05, 4.69) is 32.7 Å². The topological polar surface area (TPSA) is 39.2 Å². The highest BCUT2D eigenvalue weighted by atomic mass is 16.5. The highest BCUT2D eigenvalue weighted by molar-refractivity contribution is 5.93. The van der Waals surface area contributed by atoms with E-state index in [0.29, 0.717) is 11.4 Å². The van der Waals surface area contributed by atoms with E-state index >= 15 is 0 Å². The Balaban J connectivity index is 0.000000423. The molecule has 3 heteroatoms. The van der Waals surface area contributed by atoms with E-state index in [-0.39, 0.29) is 5.78 Å². The number of ketones is 1. The molecule has 1 aromatic heterocycles. The molecule has 2 unspecified atom stereocenters. The van der Waals surface area contributed by atoms with E-state index in [1.54, 1.807) is 13.2 Å². The summed E-state index contributed by atoms with van der Waals surface area (Å²) in [5.74, 6) is 2.48. The summed E-state index contributed by atoms with van der Waals surface area (Å²) in [5, 5.41) is 0. The first kappa shape index (κ1) is 21.6. The number of ether oxygens (including phenoxy) is 1. The maximum atomic E-state index is 10.9. The van der Waals surface area contributed by atoms with Gasteiger partial charge in [-0.05, 0) is 31.7 Å². The average Bonchev–Trinajstić information content (AvgIpc) is 2.54. The zero-order chi connectivity index (χ0) is 17.8. The fourth-order valence-corrected chi connectivity index (χ4v) is 2.19. The van der Waals surface area contributed by atoms with E-state index in [4.69, 9.17) is 4.74 Å². The first-order chi connectivity index (χ1) is 10.8. The number of carbonyl (C=O) groups is 1. The number of Topliss-reactive ketones (excluding diaryl/α,β-unsaturated/α-hetero) is 1. The lowest BCUT2D eigenvalue weighted by Gasteiger charge is -2.10. The Kier molecular flexibility index (Phi) is 11.4. The minimum Gasteiger partial charge on any atom is -0.481 e. The highest BCUT2D eigenvalue weighted by Gasteiger charge is 2.04. The van der Waals surface area contributed by atoms with Crippen LogP contribution in [-0.2, 0) is 0 Å². The van der Waals surface area contributed by atoms with Crippen molar-refractivity contribution in [3.8, 4) is 5.88 Å². The van der Waals surface area contributed by atoms with Crippen molar-refractivity contribution in [1.29, 1.82) is 0 Å². The predicted molar refractivity (Wildman–Crippen MR) is 98.3 cm³/mol. The first-order valence-electron chi connectivity index (χ1n) is 8.87. The monoisotopic (exact) mass is 321 g/mol. The van der Waals surface area contributed by atoms with E-state index in [9.17, 15) is 4.79 Å². The van der Waals surface area contributed by atoms with Crippen LogP contribution < -0.4 is 4.74 Å². The second-order valence-electron chi connectivity index (χ2n) is 6.56. The lowest BCUT2D eigenvalue weighted by atomic mass is 9.96. The fourth-order valence-electron chi connectivity index (χ4n) is 2.19. The number of aromatic nitrogens is 1. The molecule has 132 valence electrons. The highest BCUT2D eigenvalue weighted by Crippen LogP contribution is 2.16. The van der Waals surface area contributed by atoms with Crippen LogP contribution >= 0.6 is 0 Å². The number of hydrogen-bond donors (Lipinski definition) is 0. The SMILES string of the molecule is CCC(C)CCCC(C)CC.COc1ncc(C(C)=O)cc1C. The zero-order valence-electron chi connectivity index (χ0n) is 16.1. The van der Waals surface area contributed by atoms with Gasteiger partial charge in [-0.2, -0.15) is 0 Å². The smallest absolute Gasteiger partial charge is 0.215 e. The van der Waals surface area contributed by atoms with Crippen molar-refractivity contribution >= 4 is 5.78 Å². The van der Waals surface area contributed by atoms with Crippen LogP contribution in [0.25, 0.3) is 0 Å². The Bertz CT molecular complexity index is 447. The number of nitrogens with zero attached hydrogens (tertiary/aromatic N) is 1. The minimum atomic E-state index is 0.0215. The van der Waals surface area contributed by atoms with Gasteiger partial charge in [-0.15, -0.1) is 0 Å². The summed E-state index contributed by atoms with van der Waals surface area (Å²) in [5.41, 5.74) is 1.50. The molecule has 2 atom stereocenters. The molecule has 0 fully saturated rings. The molecule has 0 amide bonds. The first-order valence-corrected chi connectivity index (χ1v) is 8.87. The molecule has 1 aromatic rings. The Morgan fingerprint density at radius 2 is 1.70 bits per heavy atom. The molecular weight excluding hydrogens is 286 g/mol. The summed E-state index contributed by atoms with van der Waals surface area (Å²) in [6.07, 6.45) is 8.51. The maximum Gasteiger partial charge on any atom is 0.215 e. The van der Waals surface area contributed by atoms with Crippen molar-refractivity contribution in [2.45, 2.75) is 73.6 Å². The van der Waals surface area contributed by atoms with Crippen molar-refractivity contribution in [3.63, 3.8) is 0 Å². The van der Waals surface area contributed by atoms with Gasteiger partial charge >= 0.3 is 0 Å². The minimum absolute atomic E-state index is 0.0215. The summed E-state index contributed by atoms with van der Waals surface area (Å²) in [7, 11) is 1.56. The number of hydrogen-bond acceptors (Lipinski definition) is 3. The summed E-state index contributed by atoms with van der Waals surface area (Å²) in [6.45, 7) is 12.7. The van der Waals surface area contributed by atoms with Gasteiger partial charge < -0.3 is 4.74 Å². The fraction of sp³-hybridized carbons (Fsp3) is 0.700. The molecule has 0 aliphatic heterocycles. The van der Waals surface area contributed by atoms with Gasteiger partial charge in [0.25, 0.3) is 0 Å². The van der Waals surface area contributed by atoms with Crippen LogP contribution in [0.15, 0.2) is 12.3 Å². The van der Waals surface area contributed by atoms with Crippen LogP contribution in [-0.4, -0.2) is 17.9 Å². The molecule has 0 radical (unpaired) electrons. The van der Waals surface area contributed by atoms with Crippen LogP contribution in [0.2, 0.25) is 0 Å². The van der Waals surface area contributed by atoms with Gasteiger partial charge in [-0.1, -0.05) is 59.8 Å². The number of aryl methyl sites for hydroxylation is 1. The van der Waals surface area contributed by atoms with Crippen LogP contribution in [0.1, 0.15) is 82.6 Å². The quantitative estimate of drug-likeness (QED) is 0.564. The van der Waals surface area contributed by atoms with Gasteiger partial charge in [0.05, 0.1) is 7.11 Å². The largest absolute Gasteiger partial charge is 0.481 e. The third-order valence-corrected chi connectivity index (χ3v) is 4.42. The Morgan fingerprint density at radius 3 is 2.04 bits per heavy atom. The van der Waals surface area contributed by atoms with E-state index in [1.165, 1.54) is 45.2 Å². The number of methoxy groups -OCH3 is 1. The Morgan fingerprint density at radius 1 is 1.17 bits per heavy atom. The summed E-state index contributed by atoms with van der Waals surface area (Å²) < 4.78 is 4.96. The van der Waals surface area contributed by atoms with Gasteiger partial charge in [-0.3, -0.25) is 4.79 Å². The molecule has 0 aromatic carbocycles. The van der Waals surface area contributed by atoms with Crippen LogP contribution in [0.5, 0.6) is 5.88 Å². The molecule has 0 N–H and O–H groups in total. The second-order valence-corrected chi connectivity index (χ2v) is 6.56. The Labute approximate surface area is 142 Å². The van der Waals surface area contributed by atoms with Crippen molar-refractivity contribution in [3.05, 3.63) is 23.4 Å². The maximum absolute atomic E-state index is 10.9. The van der Waals surface area contributed by atoms with Crippen molar-refractivity contribution in [2.24, 2.45) is 11.8 Å². The van der Waals surface area contributed by atoms with Crippen molar-refractivity contribution in [2.75, 3.05) is 7.11 Å². The molecule has 0 saturated heterocycles. The van der Waals surface area contributed by atoms with Crippen LogP contribution in [0.3, 0.4) is 0 Å². The number of pyridine rings is 1. The van der Waals surface area contributed by atoms with E-state index in [1.807, 2.05) is 6.92 Å². The summed E-state index contributed by atoms with van der Waals surface area (Å²) in [6, 6.07) is 1.77. The zero-order valence-corrected chi connectivity index (χ0v) is 16.1. The molecular formula is C20H35NO2. The van der Waals surface area contributed by atoms with E-state index < -0.39 is 0 Å². The Hall–Kier alpha value is -1.38. The molecule has 0 aliphatic rings. The molecule has 1 rings (SSSR count). The molecule has 23 heavy (non-hydrogen) atoms. The number of carbonyl (C=O) groups excluding carboxylic acids is 1. The van der Waals surface area contributed by atoms with Gasteiger partial charge in [-0.25, -0.2) is 4.98 Å². The van der Waals surface area contributed by atoms with Gasteiger partial charge in [0.1, 0.15) is 0 Å². The molecule has 0 spiro atoms. The second kappa shape index (κ2) is 12.1. The van der Waals surface area contributed by atoms with Gasteiger partial charge in [0.15, 0.2) is 5.78 Å². The molecule has 3 nitrogen and oxygen atoms in total. The summed E-state index contributed by atoms with van der Waals surface area (Å²) in [4.78, 5) is 14.9. The molecule has 0 aliphatic carbocycles.